The molecular weight excluding hydrogens is 149 g/mol. The maximum atomic E-state index is 11.6. The molecule has 5 heteroatoms. The van der Waals surface area contributed by atoms with E-state index in [0.717, 1.165) is 0 Å². The molecule has 0 aliphatic rings. The summed E-state index contributed by atoms with van der Waals surface area (Å²) in [6, 6.07) is 0. The summed E-state index contributed by atoms with van der Waals surface area (Å²) in [5, 5.41) is 7.99. The fourth-order valence-electron chi connectivity index (χ4n) is 0.546. The van der Waals surface area contributed by atoms with E-state index < -0.39 is 24.5 Å². The van der Waals surface area contributed by atoms with Gasteiger partial charge in [0.1, 0.15) is 0 Å². The summed E-state index contributed by atoms with van der Waals surface area (Å²) in [6.07, 6.45) is -5.03. The first kappa shape index (κ1) is 9.26. The van der Waals surface area contributed by atoms with Gasteiger partial charge in [0.2, 0.25) is 0 Å². The van der Waals surface area contributed by atoms with E-state index in [1.807, 2.05) is 0 Å². The number of aliphatic carboxylic acids is 1. The molecule has 0 radical (unpaired) electrons. The lowest BCUT2D eigenvalue weighted by atomic mass is 10.1. The largest absolute Gasteiger partial charge is 0.481 e. The summed E-state index contributed by atoms with van der Waals surface area (Å²) in [5.74, 6) is -4.03. The van der Waals surface area contributed by atoms with Gasteiger partial charge in [-0.25, -0.2) is 0 Å². The Hall–Kier alpha value is -0.740. The summed E-state index contributed by atoms with van der Waals surface area (Å²) < 4.78 is 34.8. The Balaban J connectivity index is 4.22. The highest BCUT2D eigenvalue weighted by molar-refractivity contribution is 5.70. The summed E-state index contributed by atoms with van der Waals surface area (Å²) in [5.41, 5.74) is 0. The quantitative estimate of drug-likeness (QED) is 0.660. The molecule has 0 rings (SSSR count). The average molecular weight is 156 g/mol. The zero-order valence-electron chi connectivity index (χ0n) is 5.27. The van der Waals surface area contributed by atoms with Gasteiger partial charge in [-0.3, -0.25) is 4.79 Å². The van der Waals surface area contributed by atoms with E-state index in [1.165, 1.54) is 6.92 Å². The highest BCUT2D eigenvalue weighted by Gasteiger charge is 2.43. The molecule has 60 valence electrons. The second-order valence-corrected chi connectivity index (χ2v) is 1.84. The molecule has 0 aliphatic heterocycles. The molecule has 0 amide bonds. The average Bonchev–Trinajstić information content (AvgIpc) is 1.60. The SMILES string of the molecule is CCC(C(=O)O)C(F)(F)F. The lowest BCUT2D eigenvalue weighted by molar-refractivity contribution is -0.193. The van der Waals surface area contributed by atoms with Crippen LogP contribution in [0.25, 0.3) is 0 Å². The molecule has 0 heterocycles. The number of carboxylic acids is 1. The predicted octanol–water partition coefficient (Wildman–Crippen LogP) is 1.66. The first-order chi connectivity index (χ1) is 4.39. The Morgan fingerprint density at radius 1 is 1.60 bits per heavy atom. The van der Waals surface area contributed by atoms with Gasteiger partial charge in [-0.1, -0.05) is 6.92 Å². The van der Waals surface area contributed by atoms with Gasteiger partial charge in [0.15, 0.2) is 5.92 Å². The summed E-state index contributed by atoms with van der Waals surface area (Å²) in [6.45, 7) is 1.19. The maximum Gasteiger partial charge on any atom is 0.402 e. The number of alkyl halides is 3. The standard InChI is InChI=1S/C5H7F3O2/c1-2-3(4(9)10)5(6,7)8/h3H,2H2,1H3,(H,9,10). The molecule has 0 spiro atoms. The zero-order valence-corrected chi connectivity index (χ0v) is 5.27. The van der Waals surface area contributed by atoms with E-state index in [2.05, 4.69) is 0 Å². The Labute approximate surface area is 55.7 Å². The van der Waals surface area contributed by atoms with Gasteiger partial charge < -0.3 is 5.11 Å². The van der Waals surface area contributed by atoms with Crippen molar-refractivity contribution in [1.29, 1.82) is 0 Å². The van der Waals surface area contributed by atoms with Crippen molar-refractivity contribution in [2.24, 2.45) is 5.92 Å². The normalized spacial score (nSPS) is 14.8. The van der Waals surface area contributed by atoms with Crippen molar-refractivity contribution in [2.75, 3.05) is 0 Å². The monoisotopic (exact) mass is 156 g/mol. The first-order valence-electron chi connectivity index (χ1n) is 2.69. The number of carbonyl (C=O) groups is 1. The van der Waals surface area contributed by atoms with Gasteiger partial charge in [-0.2, -0.15) is 13.2 Å². The number of halogens is 3. The molecule has 1 atom stereocenters. The van der Waals surface area contributed by atoms with Crippen LogP contribution in [0.3, 0.4) is 0 Å². The van der Waals surface area contributed by atoms with Crippen molar-refractivity contribution in [2.45, 2.75) is 19.5 Å². The third-order valence-electron chi connectivity index (χ3n) is 1.10. The highest BCUT2D eigenvalue weighted by atomic mass is 19.4. The lowest BCUT2D eigenvalue weighted by Crippen LogP contribution is -2.29. The van der Waals surface area contributed by atoms with Gasteiger partial charge in [0, 0.05) is 0 Å². The second kappa shape index (κ2) is 2.90. The van der Waals surface area contributed by atoms with Crippen molar-refractivity contribution in [3.63, 3.8) is 0 Å². The summed E-state index contributed by atoms with van der Waals surface area (Å²) in [7, 11) is 0. The van der Waals surface area contributed by atoms with E-state index in [-0.39, 0.29) is 0 Å². The molecule has 10 heavy (non-hydrogen) atoms. The number of hydrogen-bond acceptors (Lipinski definition) is 1. The van der Waals surface area contributed by atoms with Crippen molar-refractivity contribution >= 4 is 5.97 Å². The minimum Gasteiger partial charge on any atom is -0.481 e. The molecule has 0 fully saturated rings. The van der Waals surface area contributed by atoms with Crippen LogP contribution in [0.1, 0.15) is 13.3 Å². The van der Waals surface area contributed by atoms with Crippen LogP contribution in [0.4, 0.5) is 13.2 Å². The number of carboxylic acid groups (broad SMARTS) is 1. The van der Waals surface area contributed by atoms with Crippen LogP contribution >= 0.6 is 0 Å². The minimum absolute atomic E-state index is 0.418. The molecule has 0 aromatic rings. The Morgan fingerprint density at radius 3 is 2.00 bits per heavy atom. The molecule has 1 N–H and O–H groups in total. The van der Waals surface area contributed by atoms with Crippen LogP contribution in [0.5, 0.6) is 0 Å². The highest BCUT2D eigenvalue weighted by Crippen LogP contribution is 2.28. The molecule has 0 aromatic carbocycles. The fraction of sp³-hybridized carbons (Fsp3) is 0.800. The predicted molar refractivity (Wildman–Crippen MR) is 27.5 cm³/mol. The number of hydrogen-bond donors (Lipinski definition) is 1. The Bertz CT molecular complexity index is 129. The van der Waals surface area contributed by atoms with Crippen LogP contribution in [-0.4, -0.2) is 17.3 Å². The van der Waals surface area contributed by atoms with E-state index in [4.69, 9.17) is 5.11 Å². The molecule has 0 saturated heterocycles. The molecule has 0 saturated carbocycles. The van der Waals surface area contributed by atoms with Crippen LogP contribution in [-0.2, 0) is 4.79 Å². The maximum absolute atomic E-state index is 11.6. The van der Waals surface area contributed by atoms with Gasteiger partial charge in [0.25, 0.3) is 0 Å². The minimum atomic E-state index is -4.61. The van der Waals surface area contributed by atoms with Crippen molar-refractivity contribution < 1.29 is 23.1 Å². The van der Waals surface area contributed by atoms with E-state index >= 15 is 0 Å². The molecule has 0 aliphatic carbocycles. The zero-order chi connectivity index (χ0) is 8.36. The Kier molecular flexibility index (Phi) is 2.68. The lowest BCUT2D eigenvalue weighted by Gasteiger charge is -2.12. The van der Waals surface area contributed by atoms with Crippen molar-refractivity contribution in [3.8, 4) is 0 Å². The van der Waals surface area contributed by atoms with E-state index in [0.29, 0.717) is 0 Å². The van der Waals surface area contributed by atoms with E-state index in [9.17, 15) is 18.0 Å². The van der Waals surface area contributed by atoms with Gasteiger partial charge >= 0.3 is 12.1 Å². The van der Waals surface area contributed by atoms with Crippen LogP contribution in [0, 0.1) is 5.92 Å². The fourth-order valence-corrected chi connectivity index (χ4v) is 0.546. The molecule has 0 bridgehead atoms. The van der Waals surface area contributed by atoms with Gasteiger partial charge in [-0.05, 0) is 6.42 Å². The van der Waals surface area contributed by atoms with Gasteiger partial charge in [-0.15, -0.1) is 0 Å². The summed E-state index contributed by atoms with van der Waals surface area (Å²) in [4.78, 5) is 9.86. The third-order valence-corrected chi connectivity index (χ3v) is 1.10. The molecule has 0 aromatic heterocycles. The topological polar surface area (TPSA) is 37.3 Å². The first-order valence-corrected chi connectivity index (χ1v) is 2.69. The van der Waals surface area contributed by atoms with Crippen molar-refractivity contribution in [1.82, 2.24) is 0 Å². The van der Waals surface area contributed by atoms with Crippen LogP contribution < -0.4 is 0 Å². The van der Waals surface area contributed by atoms with Crippen LogP contribution in [0.2, 0.25) is 0 Å². The van der Waals surface area contributed by atoms with Gasteiger partial charge in [0.05, 0.1) is 0 Å². The Morgan fingerprint density at radius 2 is 2.00 bits per heavy atom. The van der Waals surface area contributed by atoms with E-state index in [1.54, 1.807) is 0 Å². The third kappa shape index (κ3) is 2.24. The second-order valence-electron chi connectivity index (χ2n) is 1.84. The van der Waals surface area contributed by atoms with Crippen LogP contribution in [0.15, 0.2) is 0 Å². The summed E-state index contributed by atoms with van der Waals surface area (Å²) >= 11 is 0. The molecule has 1 unspecified atom stereocenters. The molecular formula is C5H7F3O2. The smallest absolute Gasteiger partial charge is 0.402 e. The van der Waals surface area contributed by atoms with Crippen molar-refractivity contribution in [3.05, 3.63) is 0 Å². The number of rotatable bonds is 2. The molecule has 2 nitrogen and oxygen atoms in total.